The van der Waals surface area contributed by atoms with Crippen LogP contribution < -0.4 is 4.43 Å². The summed E-state index contributed by atoms with van der Waals surface area (Å²) in [5.74, 6) is -0.00242. The summed E-state index contributed by atoms with van der Waals surface area (Å²) in [6.45, 7) is 3.65. The van der Waals surface area contributed by atoms with Gasteiger partial charge in [0.15, 0.2) is 0 Å². The van der Waals surface area contributed by atoms with Crippen LogP contribution in [0.2, 0.25) is 0 Å². The molecule has 0 spiro atoms. The minimum Gasteiger partial charge on any atom is -0.805 e. The van der Waals surface area contributed by atoms with E-state index in [4.69, 9.17) is 0 Å². The first kappa shape index (κ1) is 11.9. The van der Waals surface area contributed by atoms with Gasteiger partial charge in [-0.05, 0) is 19.9 Å². The van der Waals surface area contributed by atoms with Crippen molar-refractivity contribution in [2.75, 3.05) is 0 Å². The standard InChI is InChI=1S/C14H14N2O3/c1-14(2)8-9(17)7-12-13(14)16(19)11-6-4-3-5-10(11)15(12)18/h3-6H,7-8H2,1-2H3. The second-order valence-corrected chi connectivity index (χ2v) is 5.65. The molecule has 0 saturated carbocycles. The van der Waals surface area contributed by atoms with Crippen LogP contribution in [0.3, 0.4) is 0 Å². The molecule has 0 saturated heterocycles. The van der Waals surface area contributed by atoms with E-state index in [1.54, 1.807) is 24.3 Å². The molecule has 19 heavy (non-hydrogen) atoms. The third-order valence-electron chi connectivity index (χ3n) is 3.69. The summed E-state index contributed by atoms with van der Waals surface area (Å²) < 4.78 is 1.55. The van der Waals surface area contributed by atoms with Crippen molar-refractivity contribution in [1.29, 1.82) is 0 Å². The van der Waals surface area contributed by atoms with Crippen LogP contribution in [-0.4, -0.2) is 10.5 Å². The molecule has 1 aliphatic carbocycles. The van der Waals surface area contributed by atoms with E-state index in [0.717, 1.165) is 9.16 Å². The molecule has 5 heteroatoms. The molecule has 0 amide bonds. The highest BCUT2D eigenvalue weighted by Gasteiger charge is 2.42. The van der Waals surface area contributed by atoms with Gasteiger partial charge in [0.05, 0.1) is 22.0 Å². The molecule has 2 aromatic rings. The van der Waals surface area contributed by atoms with Crippen molar-refractivity contribution in [2.45, 2.75) is 32.1 Å². The van der Waals surface area contributed by atoms with Gasteiger partial charge < -0.3 is 9.94 Å². The molecule has 5 nitrogen and oxygen atoms in total. The Morgan fingerprint density at radius 2 is 2.00 bits per heavy atom. The van der Waals surface area contributed by atoms with E-state index < -0.39 is 5.41 Å². The van der Waals surface area contributed by atoms with Crippen molar-refractivity contribution >= 4 is 16.8 Å². The van der Waals surface area contributed by atoms with Crippen LogP contribution in [0.25, 0.3) is 11.0 Å². The molecule has 0 atom stereocenters. The summed E-state index contributed by atoms with van der Waals surface area (Å²) >= 11 is 0. The Balaban J connectivity index is 2.51. The molecular weight excluding hydrogens is 244 g/mol. The Morgan fingerprint density at radius 3 is 2.74 bits per heavy atom. The molecule has 0 aliphatic heterocycles. The first-order valence-electron chi connectivity index (χ1n) is 6.21. The van der Waals surface area contributed by atoms with E-state index in [2.05, 4.69) is 0 Å². The van der Waals surface area contributed by atoms with Gasteiger partial charge in [0.2, 0.25) is 0 Å². The maximum absolute atomic E-state index is 12.5. The smallest absolute Gasteiger partial charge is 0.286 e. The van der Waals surface area contributed by atoms with Crippen LogP contribution in [0.5, 0.6) is 0 Å². The number of carbonyl (C=O) groups is 1. The summed E-state index contributed by atoms with van der Waals surface area (Å²) in [7, 11) is 0. The molecule has 3 rings (SSSR count). The van der Waals surface area contributed by atoms with Crippen LogP contribution in [-0.2, 0) is 16.6 Å². The highest BCUT2D eigenvalue weighted by molar-refractivity contribution is 5.85. The number of para-hydroxylation sites is 2. The highest BCUT2D eigenvalue weighted by atomic mass is 16.5. The maximum Gasteiger partial charge on any atom is 0.286 e. The van der Waals surface area contributed by atoms with Crippen LogP contribution in [0.4, 0.5) is 0 Å². The van der Waals surface area contributed by atoms with Crippen LogP contribution in [0.15, 0.2) is 24.3 Å². The molecule has 0 radical (unpaired) electrons. The largest absolute Gasteiger partial charge is 0.805 e. The summed E-state index contributed by atoms with van der Waals surface area (Å²) in [5.41, 5.74) is 0.749. The number of nitrogens with zero attached hydrogens (tertiary/aromatic N) is 2. The third-order valence-corrected chi connectivity index (χ3v) is 3.69. The number of hydrogen-bond donors (Lipinski definition) is 0. The Bertz CT molecular complexity index is 759. The molecular formula is C14H14N2O3. The van der Waals surface area contributed by atoms with Crippen LogP contribution in [0.1, 0.15) is 31.7 Å². The zero-order chi connectivity index (χ0) is 13.8. The predicted molar refractivity (Wildman–Crippen MR) is 70.4 cm³/mol. The number of carbonyl (C=O) groups excluding carboxylic acids is 1. The highest BCUT2D eigenvalue weighted by Crippen LogP contribution is 2.33. The third kappa shape index (κ3) is 1.58. The van der Waals surface area contributed by atoms with Crippen molar-refractivity contribution in [2.24, 2.45) is 0 Å². The molecule has 0 fully saturated rings. The lowest BCUT2D eigenvalue weighted by Gasteiger charge is -2.29. The molecule has 1 aliphatic rings. The number of ketones is 1. The fourth-order valence-corrected chi connectivity index (χ4v) is 2.93. The minimum atomic E-state index is -0.609. The Kier molecular flexibility index (Phi) is 2.29. The molecule has 0 N–H and O–H groups in total. The van der Waals surface area contributed by atoms with E-state index in [-0.39, 0.29) is 17.9 Å². The molecule has 1 heterocycles. The Morgan fingerprint density at radius 1 is 1.32 bits per heavy atom. The Hall–Kier alpha value is -2.17. The van der Waals surface area contributed by atoms with Crippen molar-refractivity contribution in [1.82, 2.24) is 4.73 Å². The average Bonchev–Trinajstić information content (AvgIpc) is 2.34. The van der Waals surface area contributed by atoms with Crippen molar-refractivity contribution in [3.05, 3.63) is 45.8 Å². The molecule has 0 unspecified atom stereocenters. The summed E-state index contributed by atoms with van der Waals surface area (Å²) in [6, 6.07) is 6.66. The molecule has 98 valence electrons. The van der Waals surface area contributed by atoms with Crippen LogP contribution in [0, 0.1) is 10.1 Å². The number of benzene rings is 1. The maximum atomic E-state index is 12.5. The zero-order valence-electron chi connectivity index (χ0n) is 10.8. The fraction of sp³-hybridized carbons (Fsp3) is 0.357. The molecule has 0 bridgehead atoms. The number of hydrogen-bond acceptors (Lipinski definition) is 3. The van der Waals surface area contributed by atoms with Crippen molar-refractivity contribution < 1.29 is 9.22 Å². The monoisotopic (exact) mass is 258 g/mol. The van der Waals surface area contributed by atoms with Gasteiger partial charge in [0.25, 0.3) is 11.2 Å². The lowest BCUT2D eigenvalue weighted by molar-refractivity contribution is -0.482. The average molecular weight is 258 g/mol. The van der Waals surface area contributed by atoms with E-state index in [9.17, 15) is 14.9 Å². The lowest BCUT2D eigenvalue weighted by atomic mass is 9.77. The van der Waals surface area contributed by atoms with Crippen molar-refractivity contribution in [3.63, 3.8) is 0 Å². The van der Waals surface area contributed by atoms with Gasteiger partial charge in [-0.25, -0.2) is 0 Å². The second kappa shape index (κ2) is 3.66. The quantitative estimate of drug-likeness (QED) is 0.675. The summed E-state index contributed by atoms with van der Waals surface area (Å²) in [6.07, 6.45) is 0.329. The van der Waals surface area contributed by atoms with Gasteiger partial charge in [-0.1, -0.05) is 12.1 Å². The van der Waals surface area contributed by atoms with Gasteiger partial charge in [-0.15, -0.1) is 0 Å². The summed E-state index contributed by atoms with van der Waals surface area (Å²) in [5, 5.41) is 12.4. The van der Waals surface area contributed by atoms with Gasteiger partial charge >= 0.3 is 0 Å². The number of fused-ring (bicyclic) bond motifs is 2. The normalized spacial score (nSPS) is 17.5. The Labute approximate surface area is 109 Å². The first-order valence-corrected chi connectivity index (χ1v) is 6.21. The van der Waals surface area contributed by atoms with E-state index in [1.807, 2.05) is 13.8 Å². The molecule has 1 aromatic heterocycles. The second-order valence-electron chi connectivity index (χ2n) is 5.65. The summed E-state index contributed by atoms with van der Waals surface area (Å²) in [4.78, 5) is 24.3. The predicted octanol–water partition coefficient (Wildman–Crippen LogP) is 1.69. The fourth-order valence-electron chi connectivity index (χ4n) is 2.93. The van der Waals surface area contributed by atoms with E-state index in [1.165, 1.54) is 0 Å². The number of Topliss-reactive ketones (excluding diaryl/α,β-unsaturated/α-hetero) is 1. The van der Waals surface area contributed by atoms with Crippen LogP contribution >= 0.6 is 0 Å². The van der Waals surface area contributed by atoms with Gasteiger partial charge in [-0.3, -0.25) is 4.79 Å². The topological polar surface area (TPSA) is 68.0 Å². The van der Waals surface area contributed by atoms with Gasteiger partial charge in [0, 0.05) is 17.4 Å². The lowest BCUT2D eigenvalue weighted by Crippen LogP contribution is -2.42. The zero-order valence-corrected chi connectivity index (χ0v) is 10.8. The van der Waals surface area contributed by atoms with E-state index >= 15 is 0 Å². The van der Waals surface area contributed by atoms with Gasteiger partial charge in [-0.2, -0.15) is 0 Å². The van der Waals surface area contributed by atoms with E-state index in [0.29, 0.717) is 23.1 Å². The SMILES string of the molecule is CC1(C)CC(=O)Cc2c1[n+](=O)c1ccccc1n2[O-]. The first-order chi connectivity index (χ1) is 8.92. The van der Waals surface area contributed by atoms with Gasteiger partial charge in [0.1, 0.15) is 11.3 Å². The minimum absolute atomic E-state index is 0.00242. The number of aromatic nitrogens is 2. The number of rotatable bonds is 0. The van der Waals surface area contributed by atoms with Crippen molar-refractivity contribution in [3.8, 4) is 0 Å². The molecule has 1 aromatic carbocycles.